The normalized spacial score (nSPS) is 24.2. The number of rotatable bonds is 3. The number of carbonyl (C=O) groups is 1. The van der Waals surface area contributed by atoms with Crippen LogP contribution in [0.5, 0.6) is 0 Å². The summed E-state index contributed by atoms with van der Waals surface area (Å²) in [5.74, 6) is -0.282. The standard InChI is InChI=1S/C14H19FN2O2/c1-10-5-6-17(8-13(10)18)9-14(19)16-12-4-2-3-11(15)7-12/h2-4,7,10,13,18H,5-6,8-9H2,1H3,(H,16,19). The number of nitrogens with zero attached hydrogens (tertiary/aromatic N) is 1. The molecule has 104 valence electrons. The molecule has 1 fully saturated rings. The van der Waals surface area contributed by atoms with E-state index in [0.29, 0.717) is 12.2 Å². The molecule has 2 N–H and O–H groups in total. The molecule has 4 nitrogen and oxygen atoms in total. The molecule has 0 saturated carbocycles. The van der Waals surface area contributed by atoms with Gasteiger partial charge in [0.25, 0.3) is 0 Å². The fourth-order valence-corrected chi connectivity index (χ4v) is 2.23. The first-order chi connectivity index (χ1) is 9.04. The molecular weight excluding hydrogens is 247 g/mol. The Bertz CT molecular complexity index is 453. The van der Waals surface area contributed by atoms with Gasteiger partial charge < -0.3 is 10.4 Å². The van der Waals surface area contributed by atoms with E-state index in [4.69, 9.17) is 0 Å². The highest BCUT2D eigenvalue weighted by atomic mass is 19.1. The SMILES string of the molecule is CC1CCN(CC(=O)Nc2cccc(F)c2)CC1O. The fourth-order valence-electron chi connectivity index (χ4n) is 2.23. The minimum Gasteiger partial charge on any atom is -0.392 e. The van der Waals surface area contributed by atoms with Crippen LogP contribution in [0.1, 0.15) is 13.3 Å². The first-order valence-electron chi connectivity index (χ1n) is 6.50. The van der Waals surface area contributed by atoms with E-state index < -0.39 is 0 Å². The second kappa shape index (κ2) is 6.12. The van der Waals surface area contributed by atoms with Crippen LogP contribution < -0.4 is 5.32 Å². The number of hydrogen-bond donors (Lipinski definition) is 2. The molecule has 0 spiro atoms. The monoisotopic (exact) mass is 266 g/mol. The lowest BCUT2D eigenvalue weighted by Crippen LogP contribution is -2.45. The van der Waals surface area contributed by atoms with E-state index in [1.807, 2.05) is 11.8 Å². The van der Waals surface area contributed by atoms with E-state index in [2.05, 4.69) is 5.32 Å². The van der Waals surface area contributed by atoms with Crippen molar-refractivity contribution in [3.63, 3.8) is 0 Å². The topological polar surface area (TPSA) is 52.6 Å². The van der Waals surface area contributed by atoms with Crippen molar-refractivity contribution in [2.75, 3.05) is 25.0 Å². The highest BCUT2D eigenvalue weighted by Gasteiger charge is 2.25. The van der Waals surface area contributed by atoms with E-state index in [-0.39, 0.29) is 30.3 Å². The number of carbonyl (C=O) groups excluding carboxylic acids is 1. The Morgan fingerprint density at radius 1 is 1.58 bits per heavy atom. The molecule has 0 radical (unpaired) electrons. The maximum Gasteiger partial charge on any atom is 0.238 e. The summed E-state index contributed by atoms with van der Waals surface area (Å²) in [6.07, 6.45) is 0.504. The third-order valence-electron chi connectivity index (χ3n) is 3.48. The number of piperidine rings is 1. The number of nitrogens with one attached hydrogen (secondary N) is 1. The van der Waals surface area contributed by atoms with Crippen LogP contribution in [-0.2, 0) is 4.79 Å². The lowest BCUT2D eigenvalue weighted by Gasteiger charge is -2.33. The van der Waals surface area contributed by atoms with Gasteiger partial charge in [-0.1, -0.05) is 13.0 Å². The van der Waals surface area contributed by atoms with Gasteiger partial charge in [-0.15, -0.1) is 0 Å². The number of aliphatic hydroxyl groups is 1. The minimum absolute atomic E-state index is 0.188. The first-order valence-corrected chi connectivity index (χ1v) is 6.50. The molecule has 5 heteroatoms. The smallest absolute Gasteiger partial charge is 0.238 e. The van der Waals surface area contributed by atoms with Crippen LogP contribution in [0.2, 0.25) is 0 Å². The van der Waals surface area contributed by atoms with Crippen molar-refractivity contribution in [3.8, 4) is 0 Å². The van der Waals surface area contributed by atoms with Crippen LogP contribution in [0.4, 0.5) is 10.1 Å². The fraction of sp³-hybridized carbons (Fsp3) is 0.500. The second-order valence-electron chi connectivity index (χ2n) is 5.13. The summed E-state index contributed by atoms with van der Waals surface area (Å²) in [4.78, 5) is 13.7. The molecule has 2 atom stereocenters. The highest BCUT2D eigenvalue weighted by Crippen LogP contribution is 2.17. The van der Waals surface area contributed by atoms with E-state index in [1.165, 1.54) is 12.1 Å². The summed E-state index contributed by atoms with van der Waals surface area (Å²) >= 11 is 0. The van der Waals surface area contributed by atoms with E-state index >= 15 is 0 Å². The van der Waals surface area contributed by atoms with E-state index in [9.17, 15) is 14.3 Å². The Hall–Kier alpha value is -1.46. The van der Waals surface area contributed by atoms with Gasteiger partial charge in [0.05, 0.1) is 12.6 Å². The molecule has 0 aliphatic carbocycles. The molecule has 1 aliphatic heterocycles. The number of halogens is 1. The maximum absolute atomic E-state index is 13.0. The molecule has 1 saturated heterocycles. The predicted octanol–water partition coefficient (Wildman–Crippen LogP) is 1.47. The first kappa shape index (κ1) is 14.0. The number of aliphatic hydroxyl groups excluding tert-OH is 1. The van der Waals surface area contributed by atoms with E-state index in [1.54, 1.807) is 12.1 Å². The Morgan fingerprint density at radius 3 is 3.05 bits per heavy atom. The predicted molar refractivity (Wildman–Crippen MR) is 71.3 cm³/mol. The van der Waals surface area contributed by atoms with Gasteiger partial charge in [0.15, 0.2) is 0 Å². The number of β-amino-alcohol motifs (C(OH)–C–C–N with tert-alkyl or cyclic N) is 1. The van der Waals surface area contributed by atoms with Crippen LogP contribution in [0.3, 0.4) is 0 Å². The van der Waals surface area contributed by atoms with Crippen molar-refractivity contribution in [1.29, 1.82) is 0 Å². The molecule has 0 bridgehead atoms. The average Bonchev–Trinajstić information content (AvgIpc) is 2.34. The van der Waals surface area contributed by atoms with Crippen molar-refractivity contribution in [1.82, 2.24) is 4.90 Å². The van der Waals surface area contributed by atoms with Gasteiger partial charge in [0.2, 0.25) is 5.91 Å². The summed E-state index contributed by atoms with van der Waals surface area (Å²) < 4.78 is 13.0. The van der Waals surface area contributed by atoms with Gasteiger partial charge in [-0.05, 0) is 37.1 Å². The highest BCUT2D eigenvalue weighted by molar-refractivity contribution is 5.92. The molecule has 1 amide bonds. The molecule has 19 heavy (non-hydrogen) atoms. The van der Waals surface area contributed by atoms with Crippen molar-refractivity contribution >= 4 is 11.6 Å². The summed E-state index contributed by atoms with van der Waals surface area (Å²) in [7, 11) is 0. The van der Waals surface area contributed by atoms with Crippen molar-refractivity contribution in [2.24, 2.45) is 5.92 Å². The Labute approximate surface area is 112 Å². The number of likely N-dealkylation sites (tertiary alicyclic amines) is 1. The van der Waals surface area contributed by atoms with Crippen molar-refractivity contribution in [2.45, 2.75) is 19.4 Å². The van der Waals surface area contributed by atoms with Crippen LogP contribution >= 0.6 is 0 Å². The van der Waals surface area contributed by atoms with Gasteiger partial charge in [-0.25, -0.2) is 4.39 Å². The number of anilines is 1. The largest absolute Gasteiger partial charge is 0.392 e. The molecule has 1 heterocycles. The van der Waals surface area contributed by atoms with Gasteiger partial charge in [0.1, 0.15) is 5.82 Å². The third-order valence-corrected chi connectivity index (χ3v) is 3.48. The summed E-state index contributed by atoms with van der Waals surface area (Å²) in [5, 5.41) is 12.4. The molecule has 0 aromatic heterocycles. The zero-order chi connectivity index (χ0) is 13.8. The molecular formula is C14H19FN2O2. The quantitative estimate of drug-likeness (QED) is 0.871. The lowest BCUT2D eigenvalue weighted by molar-refractivity contribution is -0.118. The number of amides is 1. The van der Waals surface area contributed by atoms with E-state index in [0.717, 1.165) is 13.0 Å². The summed E-state index contributed by atoms with van der Waals surface area (Å²) in [6, 6.07) is 5.81. The van der Waals surface area contributed by atoms with Gasteiger partial charge in [-0.2, -0.15) is 0 Å². The summed E-state index contributed by atoms with van der Waals surface area (Å²) in [5.41, 5.74) is 0.455. The minimum atomic E-state index is -0.379. The molecule has 1 aromatic rings. The average molecular weight is 266 g/mol. The molecule has 2 unspecified atom stereocenters. The Kier molecular flexibility index (Phi) is 4.50. The number of benzene rings is 1. The molecule has 2 rings (SSSR count). The maximum atomic E-state index is 13.0. The molecule has 1 aliphatic rings. The van der Waals surface area contributed by atoms with Crippen molar-refractivity contribution < 1.29 is 14.3 Å². The number of hydrogen-bond acceptors (Lipinski definition) is 3. The van der Waals surface area contributed by atoms with Gasteiger partial charge >= 0.3 is 0 Å². The van der Waals surface area contributed by atoms with Crippen LogP contribution in [0.15, 0.2) is 24.3 Å². The Balaban J connectivity index is 1.85. The molecule has 1 aromatic carbocycles. The zero-order valence-corrected chi connectivity index (χ0v) is 11.0. The summed E-state index contributed by atoms with van der Waals surface area (Å²) in [6.45, 7) is 3.54. The van der Waals surface area contributed by atoms with Gasteiger partial charge in [0, 0.05) is 12.2 Å². The zero-order valence-electron chi connectivity index (χ0n) is 11.0. The van der Waals surface area contributed by atoms with Crippen molar-refractivity contribution in [3.05, 3.63) is 30.1 Å². The van der Waals surface area contributed by atoms with Crippen LogP contribution in [0, 0.1) is 11.7 Å². The van der Waals surface area contributed by atoms with Crippen LogP contribution in [-0.4, -0.2) is 41.7 Å². The second-order valence-corrected chi connectivity index (χ2v) is 5.13. The van der Waals surface area contributed by atoms with Gasteiger partial charge in [-0.3, -0.25) is 9.69 Å². The van der Waals surface area contributed by atoms with Crippen LogP contribution in [0.25, 0.3) is 0 Å². The lowest BCUT2D eigenvalue weighted by atomic mass is 9.96. The third kappa shape index (κ3) is 4.01. The Morgan fingerprint density at radius 2 is 2.37 bits per heavy atom.